The molecule has 0 aromatic heterocycles. The van der Waals surface area contributed by atoms with Crippen molar-refractivity contribution in [2.45, 2.75) is 264 Å². The Bertz CT molecular complexity index is 1360. The van der Waals surface area contributed by atoms with Crippen molar-refractivity contribution in [3.05, 3.63) is 97.2 Å². The summed E-state index contributed by atoms with van der Waals surface area (Å²) in [7, 11) is 0. The summed E-state index contributed by atoms with van der Waals surface area (Å²) in [4.78, 5) is 37.9. The van der Waals surface area contributed by atoms with E-state index >= 15 is 0 Å². The molecule has 0 spiro atoms. The van der Waals surface area contributed by atoms with Gasteiger partial charge in [-0.25, -0.2) is 0 Å². The molecule has 6 heteroatoms. The van der Waals surface area contributed by atoms with Gasteiger partial charge >= 0.3 is 17.9 Å². The van der Waals surface area contributed by atoms with Gasteiger partial charge < -0.3 is 14.2 Å². The van der Waals surface area contributed by atoms with Gasteiger partial charge in [0.15, 0.2) is 6.10 Å². The Morgan fingerprint density at radius 2 is 0.574 bits per heavy atom. The van der Waals surface area contributed by atoms with Crippen molar-refractivity contribution in [1.82, 2.24) is 0 Å². The summed E-state index contributed by atoms with van der Waals surface area (Å²) < 4.78 is 16.7. The molecule has 0 heterocycles. The first-order valence-corrected chi connectivity index (χ1v) is 28.2. The average Bonchev–Trinajstić information content (AvgIpc) is 3.34. The van der Waals surface area contributed by atoms with Crippen LogP contribution in [0.25, 0.3) is 0 Å². The highest BCUT2D eigenvalue weighted by molar-refractivity contribution is 5.71. The molecule has 68 heavy (non-hydrogen) atoms. The molecular weight excluding hydrogens is 841 g/mol. The summed E-state index contributed by atoms with van der Waals surface area (Å²) >= 11 is 0. The Balaban J connectivity index is 4.23. The lowest BCUT2D eigenvalue weighted by Gasteiger charge is -2.18. The van der Waals surface area contributed by atoms with E-state index in [1.54, 1.807) is 0 Å². The molecule has 0 aromatic carbocycles. The van der Waals surface area contributed by atoms with Crippen LogP contribution < -0.4 is 0 Å². The van der Waals surface area contributed by atoms with E-state index in [1.165, 1.54) is 96.3 Å². The zero-order valence-electron chi connectivity index (χ0n) is 44.3. The standard InChI is InChI=1S/C62H104O6/c1-4-7-10-13-16-18-20-22-24-26-28-30-31-33-34-36-38-40-42-44-46-49-52-55-61(64)67-58-59(57-66-60(63)54-51-48-15-12-9-6-3)68-62(65)56-53-50-47-45-43-41-39-37-35-32-29-27-25-23-21-19-17-14-11-8-5-2/h7,10,16,18,21-24,27-30,33-35,37,59H,4-6,8-9,11-15,17,19-20,25-26,31-32,36,38-58H2,1-3H3/b10-7-,18-16-,23-21-,24-22-,29-27-,30-28-,34-33-,37-35-. The fourth-order valence-electron chi connectivity index (χ4n) is 7.59. The largest absolute Gasteiger partial charge is 0.462 e. The van der Waals surface area contributed by atoms with Gasteiger partial charge in [-0.3, -0.25) is 14.4 Å². The van der Waals surface area contributed by atoms with Crippen LogP contribution in [0.15, 0.2) is 97.2 Å². The Morgan fingerprint density at radius 1 is 0.309 bits per heavy atom. The smallest absolute Gasteiger partial charge is 0.306 e. The molecule has 0 aliphatic heterocycles. The number of allylic oxidation sites excluding steroid dienone is 16. The molecule has 1 unspecified atom stereocenters. The third-order valence-corrected chi connectivity index (χ3v) is 11.8. The van der Waals surface area contributed by atoms with Crippen LogP contribution in [0.4, 0.5) is 0 Å². The van der Waals surface area contributed by atoms with Crippen molar-refractivity contribution < 1.29 is 28.6 Å². The summed E-state index contributed by atoms with van der Waals surface area (Å²) in [5.41, 5.74) is 0. The van der Waals surface area contributed by atoms with Gasteiger partial charge in [-0.05, 0) is 103 Å². The van der Waals surface area contributed by atoms with E-state index in [-0.39, 0.29) is 31.1 Å². The van der Waals surface area contributed by atoms with Crippen LogP contribution in [0.1, 0.15) is 258 Å². The van der Waals surface area contributed by atoms with Gasteiger partial charge in [0.1, 0.15) is 13.2 Å². The minimum atomic E-state index is -0.787. The molecule has 0 aliphatic carbocycles. The van der Waals surface area contributed by atoms with Gasteiger partial charge in [0.05, 0.1) is 0 Å². The summed E-state index contributed by atoms with van der Waals surface area (Å²) in [6.07, 6.45) is 74.2. The topological polar surface area (TPSA) is 78.9 Å². The summed E-state index contributed by atoms with van der Waals surface area (Å²) in [6.45, 7) is 6.43. The first-order chi connectivity index (χ1) is 33.5. The molecule has 0 amide bonds. The maximum Gasteiger partial charge on any atom is 0.306 e. The van der Waals surface area contributed by atoms with Gasteiger partial charge in [0.2, 0.25) is 0 Å². The van der Waals surface area contributed by atoms with Gasteiger partial charge in [-0.2, -0.15) is 0 Å². The van der Waals surface area contributed by atoms with E-state index < -0.39 is 6.10 Å². The summed E-state index contributed by atoms with van der Waals surface area (Å²) in [5.74, 6) is -0.920. The molecule has 0 fully saturated rings. The van der Waals surface area contributed by atoms with Crippen molar-refractivity contribution in [3.63, 3.8) is 0 Å². The van der Waals surface area contributed by atoms with Crippen LogP contribution in [-0.2, 0) is 28.6 Å². The van der Waals surface area contributed by atoms with Crippen LogP contribution in [0.5, 0.6) is 0 Å². The first kappa shape index (κ1) is 64.3. The van der Waals surface area contributed by atoms with E-state index in [4.69, 9.17) is 14.2 Å². The number of rotatable bonds is 50. The second kappa shape index (κ2) is 55.9. The first-order valence-electron chi connectivity index (χ1n) is 28.2. The summed E-state index contributed by atoms with van der Waals surface area (Å²) in [6, 6.07) is 0. The second-order valence-corrected chi connectivity index (χ2v) is 18.5. The highest BCUT2D eigenvalue weighted by Gasteiger charge is 2.19. The zero-order valence-corrected chi connectivity index (χ0v) is 44.3. The molecule has 0 saturated heterocycles. The number of carbonyl (C=O) groups is 3. The molecule has 0 rings (SSSR count). The van der Waals surface area contributed by atoms with Crippen molar-refractivity contribution in [1.29, 1.82) is 0 Å². The Kier molecular flexibility index (Phi) is 52.9. The molecule has 0 bridgehead atoms. The van der Waals surface area contributed by atoms with Gasteiger partial charge in [-0.1, -0.05) is 234 Å². The SMILES string of the molecule is CC/C=C\C/C=C\C/C=C\C/C=C\C/C=C\CCCCCCCCCC(=O)OCC(COC(=O)CCCCCCCC)OC(=O)CCCCCCCC/C=C\C/C=C\C/C=C\CCCCCCC. The van der Waals surface area contributed by atoms with Crippen LogP contribution in [-0.4, -0.2) is 37.2 Å². The normalized spacial score (nSPS) is 12.8. The van der Waals surface area contributed by atoms with E-state index in [2.05, 4.69) is 118 Å². The zero-order chi connectivity index (χ0) is 49.3. The third-order valence-electron chi connectivity index (χ3n) is 11.8. The van der Waals surface area contributed by atoms with Crippen molar-refractivity contribution in [3.8, 4) is 0 Å². The molecule has 0 aromatic rings. The van der Waals surface area contributed by atoms with Crippen LogP contribution in [0.2, 0.25) is 0 Å². The van der Waals surface area contributed by atoms with Gasteiger partial charge in [0.25, 0.3) is 0 Å². The second-order valence-electron chi connectivity index (χ2n) is 18.5. The molecular formula is C62H104O6. The third kappa shape index (κ3) is 53.3. The number of unbranched alkanes of at least 4 members (excludes halogenated alkanes) is 23. The maximum atomic E-state index is 12.8. The van der Waals surface area contributed by atoms with Gasteiger partial charge in [-0.15, -0.1) is 0 Å². The highest BCUT2D eigenvalue weighted by atomic mass is 16.6. The highest BCUT2D eigenvalue weighted by Crippen LogP contribution is 2.14. The quantitative estimate of drug-likeness (QED) is 0.0262. The van der Waals surface area contributed by atoms with E-state index in [1.807, 2.05) is 0 Å². The van der Waals surface area contributed by atoms with Crippen molar-refractivity contribution in [2.75, 3.05) is 13.2 Å². The van der Waals surface area contributed by atoms with Crippen molar-refractivity contribution >= 4 is 17.9 Å². The maximum absolute atomic E-state index is 12.8. The predicted molar refractivity (Wildman–Crippen MR) is 293 cm³/mol. The molecule has 0 radical (unpaired) electrons. The predicted octanol–water partition coefficient (Wildman–Crippen LogP) is 18.9. The molecule has 0 aliphatic rings. The number of ether oxygens (including phenoxy) is 3. The summed E-state index contributed by atoms with van der Waals surface area (Å²) in [5, 5.41) is 0. The van der Waals surface area contributed by atoms with E-state index in [9.17, 15) is 14.4 Å². The lowest BCUT2D eigenvalue weighted by molar-refractivity contribution is -0.167. The van der Waals surface area contributed by atoms with Crippen LogP contribution >= 0.6 is 0 Å². The van der Waals surface area contributed by atoms with Crippen molar-refractivity contribution in [2.24, 2.45) is 0 Å². The Labute approximate surface area is 419 Å². The molecule has 0 saturated carbocycles. The minimum Gasteiger partial charge on any atom is -0.462 e. The number of carbonyl (C=O) groups excluding carboxylic acids is 3. The molecule has 388 valence electrons. The van der Waals surface area contributed by atoms with E-state index in [0.717, 1.165) is 122 Å². The fraction of sp³-hybridized carbons (Fsp3) is 0.694. The lowest BCUT2D eigenvalue weighted by atomic mass is 10.1. The Hall–Kier alpha value is -3.67. The number of hydrogen-bond acceptors (Lipinski definition) is 6. The monoisotopic (exact) mass is 945 g/mol. The Morgan fingerprint density at radius 3 is 0.897 bits per heavy atom. The van der Waals surface area contributed by atoms with Gasteiger partial charge in [0, 0.05) is 19.3 Å². The minimum absolute atomic E-state index is 0.0871. The number of esters is 3. The molecule has 0 N–H and O–H groups in total. The fourth-order valence-corrected chi connectivity index (χ4v) is 7.59. The average molecular weight is 946 g/mol. The molecule has 6 nitrogen and oxygen atoms in total. The number of hydrogen-bond donors (Lipinski definition) is 0. The van der Waals surface area contributed by atoms with Crippen LogP contribution in [0, 0.1) is 0 Å². The van der Waals surface area contributed by atoms with E-state index in [0.29, 0.717) is 19.3 Å². The van der Waals surface area contributed by atoms with Crippen LogP contribution in [0.3, 0.4) is 0 Å². The molecule has 1 atom stereocenters. The lowest BCUT2D eigenvalue weighted by Crippen LogP contribution is -2.30.